The summed E-state index contributed by atoms with van der Waals surface area (Å²) in [5.74, 6) is 1.64. The van der Waals surface area contributed by atoms with Gasteiger partial charge in [-0.1, -0.05) is 40.0 Å². The molecule has 0 saturated heterocycles. The molecule has 172 valence electrons. The van der Waals surface area contributed by atoms with Gasteiger partial charge in [0.2, 0.25) is 0 Å². The highest BCUT2D eigenvalue weighted by Crippen LogP contribution is 2.61. The molecule has 2 saturated carbocycles. The van der Waals surface area contributed by atoms with E-state index >= 15 is 0 Å². The molecule has 0 spiro atoms. The number of ether oxygens (including phenoxy) is 4. The Labute approximate surface area is 178 Å². The van der Waals surface area contributed by atoms with E-state index in [-0.39, 0.29) is 17.6 Å². The zero-order chi connectivity index (χ0) is 21.5. The highest BCUT2D eigenvalue weighted by Gasteiger charge is 2.58. The lowest BCUT2D eigenvalue weighted by molar-refractivity contribution is -0.110. The zero-order valence-corrected chi connectivity index (χ0v) is 19.7. The van der Waals surface area contributed by atoms with Crippen LogP contribution in [0.25, 0.3) is 0 Å². The molecule has 0 aromatic rings. The van der Waals surface area contributed by atoms with E-state index in [0.717, 1.165) is 51.4 Å². The first-order valence-electron chi connectivity index (χ1n) is 11.8. The topological polar surface area (TPSA) is 57.2 Å². The fraction of sp³-hybridized carbons (Fsp3) is 1.00. The maximum Gasteiger partial charge on any atom is 0.146 e. The summed E-state index contributed by atoms with van der Waals surface area (Å²) >= 11 is 0. The van der Waals surface area contributed by atoms with Crippen molar-refractivity contribution in [3.63, 3.8) is 0 Å². The SMILES string of the molecule is CCC[C@@](C)(O)CCCC1[C@H](OCOC)[C@H](CC)[C@@H]2C[C@H](OCOC)CC[C@]12C. The molecule has 2 aliphatic carbocycles. The van der Waals surface area contributed by atoms with Gasteiger partial charge < -0.3 is 24.1 Å². The summed E-state index contributed by atoms with van der Waals surface area (Å²) in [6.07, 6.45) is 9.92. The van der Waals surface area contributed by atoms with Crippen molar-refractivity contribution >= 4 is 0 Å². The van der Waals surface area contributed by atoms with Gasteiger partial charge in [0.25, 0.3) is 0 Å². The lowest BCUT2D eigenvalue weighted by atomic mass is 9.62. The fourth-order valence-electron chi connectivity index (χ4n) is 6.43. The summed E-state index contributed by atoms with van der Waals surface area (Å²) in [6.45, 7) is 9.64. The van der Waals surface area contributed by atoms with Gasteiger partial charge in [0, 0.05) is 14.2 Å². The molecule has 0 bridgehead atoms. The Hall–Kier alpha value is -0.200. The molecule has 0 aromatic heterocycles. The van der Waals surface area contributed by atoms with Gasteiger partial charge in [-0.2, -0.15) is 0 Å². The molecule has 2 aliphatic rings. The van der Waals surface area contributed by atoms with Crippen molar-refractivity contribution in [1.82, 2.24) is 0 Å². The minimum Gasteiger partial charge on any atom is -0.390 e. The molecule has 0 radical (unpaired) electrons. The quantitative estimate of drug-likeness (QED) is 0.423. The van der Waals surface area contributed by atoms with Crippen molar-refractivity contribution in [2.75, 3.05) is 27.8 Å². The van der Waals surface area contributed by atoms with E-state index in [0.29, 0.717) is 31.3 Å². The number of methoxy groups -OCH3 is 2. The standard InChI is InChI=1S/C24H46O5/c1-7-12-23(3,25)13-9-10-20-22(29-17-27-6)19(8-2)21-15-18(28-16-26-5)11-14-24(20,21)4/h18-22,25H,7-17H2,1-6H3/t18-,19-,20?,21+,22-,23-,24-/m1/s1. The molecule has 2 rings (SSSR count). The number of rotatable bonds is 13. The van der Waals surface area contributed by atoms with Gasteiger partial charge in [-0.05, 0) is 68.6 Å². The van der Waals surface area contributed by atoms with Crippen molar-refractivity contribution in [1.29, 1.82) is 0 Å². The van der Waals surface area contributed by atoms with Crippen LogP contribution >= 0.6 is 0 Å². The Morgan fingerprint density at radius 1 is 1.07 bits per heavy atom. The lowest BCUT2D eigenvalue weighted by Gasteiger charge is -2.44. The van der Waals surface area contributed by atoms with E-state index in [9.17, 15) is 5.11 Å². The Balaban J connectivity index is 2.13. The van der Waals surface area contributed by atoms with Crippen LogP contribution in [0.4, 0.5) is 0 Å². The molecule has 5 heteroatoms. The van der Waals surface area contributed by atoms with Crippen molar-refractivity contribution in [2.45, 2.75) is 103 Å². The van der Waals surface area contributed by atoms with Gasteiger partial charge in [0.05, 0.1) is 17.8 Å². The smallest absolute Gasteiger partial charge is 0.146 e. The van der Waals surface area contributed by atoms with Crippen LogP contribution in [0.5, 0.6) is 0 Å². The van der Waals surface area contributed by atoms with Crippen molar-refractivity contribution in [2.24, 2.45) is 23.2 Å². The molecule has 1 unspecified atom stereocenters. The number of hydrogen-bond acceptors (Lipinski definition) is 5. The van der Waals surface area contributed by atoms with Crippen LogP contribution in [0.1, 0.15) is 85.5 Å². The summed E-state index contributed by atoms with van der Waals surface area (Å²) in [4.78, 5) is 0. The third kappa shape index (κ3) is 6.16. The molecule has 7 atom stereocenters. The maximum atomic E-state index is 10.6. The van der Waals surface area contributed by atoms with Gasteiger partial charge >= 0.3 is 0 Å². The molecule has 29 heavy (non-hydrogen) atoms. The molecule has 1 N–H and O–H groups in total. The Morgan fingerprint density at radius 3 is 2.38 bits per heavy atom. The number of hydrogen-bond donors (Lipinski definition) is 1. The van der Waals surface area contributed by atoms with Gasteiger partial charge in [0.1, 0.15) is 13.6 Å². The average Bonchev–Trinajstić information content (AvgIpc) is 2.91. The van der Waals surface area contributed by atoms with E-state index in [2.05, 4.69) is 20.8 Å². The Kier molecular flexibility index (Phi) is 9.88. The van der Waals surface area contributed by atoms with Gasteiger partial charge in [-0.3, -0.25) is 0 Å². The van der Waals surface area contributed by atoms with Crippen molar-refractivity contribution < 1.29 is 24.1 Å². The summed E-state index contributed by atoms with van der Waals surface area (Å²) in [6, 6.07) is 0. The molecule has 0 heterocycles. The van der Waals surface area contributed by atoms with Crippen LogP contribution in [0, 0.1) is 23.2 Å². The maximum absolute atomic E-state index is 10.6. The van der Waals surface area contributed by atoms with Crippen LogP contribution in [0.15, 0.2) is 0 Å². The van der Waals surface area contributed by atoms with Crippen LogP contribution in [0.2, 0.25) is 0 Å². The third-order valence-electron chi connectivity index (χ3n) is 7.84. The first-order chi connectivity index (χ1) is 13.8. The zero-order valence-electron chi connectivity index (χ0n) is 19.7. The Morgan fingerprint density at radius 2 is 1.76 bits per heavy atom. The van der Waals surface area contributed by atoms with Crippen molar-refractivity contribution in [3.8, 4) is 0 Å². The van der Waals surface area contributed by atoms with Crippen LogP contribution in [-0.2, 0) is 18.9 Å². The van der Waals surface area contributed by atoms with Crippen LogP contribution in [-0.4, -0.2) is 50.7 Å². The average molecular weight is 415 g/mol. The predicted molar refractivity (Wildman–Crippen MR) is 116 cm³/mol. The second kappa shape index (κ2) is 11.4. The summed E-state index contributed by atoms with van der Waals surface area (Å²) < 4.78 is 22.7. The highest BCUT2D eigenvalue weighted by atomic mass is 16.7. The molecular formula is C24H46O5. The highest BCUT2D eigenvalue weighted by molar-refractivity contribution is 5.07. The van der Waals surface area contributed by atoms with Gasteiger partial charge in [-0.15, -0.1) is 0 Å². The van der Waals surface area contributed by atoms with Crippen molar-refractivity contribution in [3.05, 3.63) is 0 Å². The minimum atomic E-state index is -0.549. The molecule has 2 fully saturated rings. The van der Waals surface area contributed by atoms with Crippen LogP contribution in [0.3, 0.4) is 0 Å². The summed E-state index contributed by atoms with van der Waals surface area (Å²) in [5, 5.41) is 10.6. The fourth-order valence-corrected chi connectivity index (χ4v) is 6.43. The first-order valence-corrected chi connectivity index (χ1v) is 11.8. The van der Waals surface area contributed by atoms with Crippen LogP contribution < -0.4 is 0 Å². The predicted octanol–water partition coefficient (Wildman–Crippen LogP) is 5.15. The molecule has 0 aromatic carbocycles. The van der Waals surface area contributed by atoms with E-state index in [1.54, 1.807) is 14.2 Å². The second-order valence-corrected chi connectivity index (χ2v) is 9.94. The number of aliphatic hydroxyl groups is 1. The monoisotopic (exact) mass is 414 g/mol. The molecule has 0 aliphatic heterocycles. The van der Waals surface area contributed by atoms with E-state index in [1.807, 2.05) is 6.92 Å². The minimum absolute atomic E-state index is 0.229. The molecule has 5 nitrogen and oxygen atoms in total. The molecular weight excluding hydrogens is 368 g/mol. The third-order valence-corrected chi connectivity index (χ3v) is 7.84. The lowest BCUT2D eigenvalue weighted by Crippen LogP contribution is -2.39. The Bertz CT molecular complexity index is 468. The summed E-state index contributed by atoms with van der Waals surface area (Å²) in [7, 11) is 3.39. The largest absolute Gasteiger partial charge is 0.390 e. The van der Waals surface area contributed by atoms with E-state index in [1.165, 1.54) is 6.42 Å². The van der Waals surface area contributed by atoms with E-state index in [4.69, 9.17) is 18.9 Å². The normalized spacial score (nSPS) is 36.7. The first kappa shape index (κ1) is 25.1. The van der Waals surface area contributed by atoms with Gasteiger partial charge in [0.15, 0.2) is 0 Å². The molecule has 0 amide bonds. The second-order valence-electron chi connectivity index (χ2n) is 9.94. The van der Waals surface area contributed by atoms with E-state index < -0.39 is 5.60 Å². The van der Waals surface area contributed by atoms with Gasteiger partial charge in [-0.25, -0.2) is 0 Å². The number of fused-ring (bicyclic) bond motifs is 1. The summed E-state index contributed by atoms with van der Waals surface area (Å²) in [5.41, 5.74) is -0.283.